The van der Waals surface area contributed by atoms with Gasteiger partial charge < -0.3 is 10.1 Å². The van der Waals surface area contributed by atoms with E-state index in [1.807, 2.05) is 32.0 Å². The first-order valence-electron chi connectivity index (χ1n) is 10.1. The maximum atomic E-state index is 13.5. The Kier molecular flexibility index (Phi) is 6.41. The van der Waals surface area contributed by atoms with Gasteiger partial charge in [-0.2, -0.15) is 0 Å². The third-order valence-corrected chi connectivity index (χ3v) is 5.82. The molecule has 172 valence electrons. The summed E-state index contributed by atoms with van der Waals surface area (Å²) in [6.07, 6.45) is 0. The number of nitrogens with one attached hydrogen (secondary N) is 1. The van der Waals surface area contributed by atoms with Gasteiger partial charge in [0.1, 0.15) is 22.3 Å². The first-order valence-corrected chi connectivity index (χ1v) is 10.8. The zero-order valence-corrected chi connectivity index (χ0v) is 19.5. The number of carbonyl (C=O) groups is 3. The zero-order chi connectivity index (χ0) is 24.6. The van der Waals surface area contributed by atoms with Gasteiger partial charge in [-0.25, -0.2) is 14.1 Å². The molecular weight excluding hydrogens is 482 g/mol. The molecular formula is C25H17Cl2FN2O4. The maximum absolute atomic E-state index is 13.5. The monoisotopic (exact) mass is 498 g/mol. The number of ether oxygens (including phenoxy) is 1. The average Bonchev–Trinajstić information content (AvgIpc) is 3.02. The second kappa shape index (κ2) is 9.29. The molecule has 0 radical (unpaired) electrons. The Morgan fingerprint density at radius 2 is 1.59 bits per heavy atom. The lowest BCUT2D eigenvalue weighted by molar-refractivity contribution is -0.120. The molecule has 9 heteroatoms. The number of hydrogen-bond acceptors (Lipinski definition) is 5. The summed E-state index contributed by atoms with van der Waals surface area (Å²) in [5, 5.41) is 2.24. The number of hydrogen-bond donors (Lipinski definition) is 1. The van der Waals surface area contributed by atoms with Gasteiger partial charge in [-0.3, -0.25) is 9.59 Å². The Bertz CT molecular complexity index is 1350. The second-order valence-electron chi connectivity index (χ2n) is 7.55. The van der Waals surface area contributed by atoms with Crippen LogP contribution in [0, 0.1) is 19.7 Å². The number of aryl methyl sites for hydroxylation is 2. The lowest BCUT2D eigenvalue weighted by atomic mass is 10.1. The minimum Gasteiger partial charge on any atom is -0.422 e. The van der Waals surface area contributed by atoms with Gasteiger partial charge in [0.25, 0.3) is 11.8 Å². The lowest BCUT2D eigenvalue weighted by Crippen LogP contribution is -2.32. The van der Waals surface area contributed by atoms with E-state index < -0.39 is 23.6 Å². The quantitative estimate of drug-likeness (QED) is 0.275. The maximum Gasteiger partial charge on any atom is 0.343 e. The molecule has 34 heavy (non-hydrogen) atoms. The first-order chi connectivity index (χ1) is 16.2. The molecule has 4 rings (SSSR count). The van der Waals surface area contributed by atoms with E-state index in [-0.39, 0.29) is 21.4 Å². The van der Waals surface area contributed by atoms with Gasteiger partial charge in [-0.05, 0) is 67.4 Å². The van der Waals surface area contributed by atoms with Crippen molar-refractivity contribution in [2.45, 2.75) is 13.8 Å². The third-order valence-electron chi connectivity index (χ3n) is 5.18. The summed E-state index contributed by atoms with van der Waals surface area (Å²) in [4.78, 5) is 38.8. The van der Waals surface area contributed by atoms with Crippen molar-refractivity contribution >= 4 is 52.4 Å². The number of amides is 2. The van der Waals surface area contributed by atoms with Crippen molar-refractivity contribution in [3.63, 3.8) is 0 Å². The van der Waals surface area contributed by atoms with Crippen LogP contribution in [0.5, 0.6) is 5.75 Å². The Morgan fingerprint density at radius 3 is 2.21 bits per heavy atom. The van der Waals surface area contributed by atoms with Gasteiger partial charge >= 0.3 is 5.97 Å². The molecule has 1 heterocycles. The first kappa shape index (κ1) is 23.5. The van der Waals surface area contributed by atoms with Crippen molar-refractivity contribution in [2.24, 2.45) is 0 Å². The standard InChI is InChI=1S/C25H17Cl2FN2O4/c1-13-4-3-5-14(2)22(13)34-25(33)15-6-8-16(9-7-15)29-21-20(27)23(31)30(24(21)32)17-10-11-19(28)18(26)12-17/h3-12,29H,1-2H3. The smallest absolute Gasteiger partial charge is 0.343 e. The van der Waals surface area contributed by atoms with Crippen LogP contribution in [-0.4, -0.2) is 17.8 Å². The summed E-state index contributed by atoms with van der Waals surface area (Å²) in [5.41, 5.74) is 2.31. The van der Waals surface area contributed by atoms with Crippen LogP contribution in [-0.2, 0) is 9.59 Å². The van der Waals surface area contributed by atoms with E-state index in [1.165, 1.54) is 18.2 Å². The summed E-state index contributed by atoms with van der Waals surface area (Å²) in [5.74, 6) is -2.21. The molecule has 0 fully saturated rings. The van der Waals surface area contributed by atoms with Gasteiger partial charge in [-0.15, -0.1) is 0 Å². The highest BCUT2D eigenvalue weighted by Gasteiger charge is 2.39. The molecule has 0 saturated heterocycles. The minimum absolute atomic E-state index is 0.0842. The molecule has 3 aromatic carbocycles. The number of imide groups is 1. The second-order valence-corrected chi connectivity index (χ2v) is 8.33. The van der Waals surface area contributed by atoms with Gasteiger partial charge in [0, 0.05) is 5.69 Å². The summed E-state index contributed by atoms with van der Waals surface area (Å²) >= 11 is 11.9. The SMILES string of the molecule is Cc1cccc(C)c1OC(=O)c1ccc(NC2=C(Cl)C(=O)N(c3ccc(F)c(Cl)c3)C2=O)cc1. The number of carbonyl (C=O) groups excluding carboxylic acids is 3. The molecule has 0 spiro atoms. The minimum atomic E-state index is -0.773. The molecule has 0 unspecified atom stereocenters. The highest BCUT2D eigenvalue weighted by molar-refractivity contribution is 6.53. The molecule has 1 aliphatic heterocycles. The number of halogens is 3. The van der Waals surface area contributed by atoms with E-state index in [1.54, 1.807) is 12.1 Å². The Balaban J connectivity index is 1.50. The third kappa shape index (κ3) is 4.40. The van der Waals surface area contributed by atoms with Crippen LogP contribution in [0.15, 0.2) is 71.4 Å². The predicted molar refractivity (Wildman–Crippen MR) is 128 cm³/mol. The normalized spacial score (nSPS) is 13.5. The van der Waals surface area contributed by atoms with Crippen LogP contribution in [0.1, 0.15) is 21.5 Å². The predicted octanol–water partition coefficient (Wildman–Crippen LogP) is 5.75. The van der Waals surface area contributed by atoms with E-state index >= 15 is 0 Å². The van der Waals surface area contributed by atoms with Gasteiger partial charge in [0.05, 0.1) is 16.3 Å². The fourth-order valence-corrected chi connectivity index (χ4v) is 3.80. The average molecular weight is 499 g/mol. The molecule has 3 aromatic rings. The largest absolute Gasteiger partial charge is 0.422 e. The van der Waals surface area contributed by atoms with Gasteiger partial charge in [0.2, 0.25) is 0 Å². The molecule has 2 amide bonds. The number of rotatable bonds is 5. The fraction of sp³-hybridized carbons (Fsp3) is 0.0800. The van der Waals surface area contributed by atoms with Crippen molar-refractivity contribution in [3.8, 4) is 5.75 Å². The fourth-order valence-electron chi connectivity index (χ4n) is 3.42. The van der Waals surface area contributed by atoms with E-state index in [2.05, 4.69) is 5.32 Å². The van der Waals surface area contributed by atoms with Crippen LogP contribution in [0.25, 0.3) is 0 Å². The van der Waals surface area contributed by atoms with Crippen molar-refractivity contribution < 1.29 is 23.5 Å². The van der Waals surface area contributed by atoms with Crippen LogP contribution < -0.4 is 15.0 Å². The molecule has 0 saturated carbocycles. The molecule has 6 nitrogen and oxygen atoms in total. The number of benzene rings is 3. The van der Waals surface area contributed by atoms with Crippen molar-refractivity contribution in [3.05, 3.63) is 98.9 Å². The Labute approximate surface area is 204 Å². The topological polar surface area (TPSA) is 75.7 Å². The van der Waals surface area contributed by atoms with E-state index in [0.29, 0.717) is 17.0 Å². The van der Waals surface area contributed by atoms with Crippen molar-refractivity contribution in [1.29, 1.82) is 0 Å². The van der Waals surface area contributed by atoms with Gasteiger partial charge in [0.15, 0.2) is 0 Å². The van der Waals surface area contributed by atoms with Gasteiger partial charge in [-0.1, -0.05) is 41.4 Å². The number of esters is 1. The van der Waals surface area contributed by atoms with Crippen molar-refractivity contribution in [1.82, 2.24) is 0 Å². The van der Waals surface area contributed by atoms with E-state index in [4.69, 9.17) is 27.9 Å². The molecule has 0 bridgehead atoms. The van der Waals surface area contributed by atoms with Crippen LogP contribution >= 0.6 is 23.2 Å². The van der Waals surface area contributed by atoms with Crippen LogP contribution in [0.3, 0.4) is 0 Å². The van der Waals surface area contributed by atoms with E-state index in [9.17, 15) is 18.8 Å². The summed E-state index contributed by atoms with van der Waals surface area (Å²) in [6.45, 7) is 3.70. The molecule has 0 atom stereocenters. The van der Waals surface area contributed by atoms with Crippen LogP contribution in [0.2, 0.25) is 5.02 Å². The number of anilines is 2. The van der Waals surface area contributed by atoms with Crippen molar-refractivity contribution in [2.75, 3.05) is 10.2 Å². The van der Waals surface area contributed by atoms with E-state index in [0.717, 1.165) is 28.2 Å². The number of para-hydroxylation sites is 1. The Hall–Kier alpha value is -3.68. The molecule has 0 aromatic heterocycles. The highest BCUT2D eigenvalue weighted by atomic mass is 35.5. The summed E-state index contributed by atoms with van der Waals surface area (Å²) in [7, 11) is 0. The highest BCUT2D eigenvalue weighted by Crippen LogP contribution is 2.32. The summed E-state index contributed by atoms with van der Waals surface area (Å²) in [6, 6.07) is 15.2. The molecule has 1 aliphatic rings. The molecule has 1 N–H and O–H groups in total. The number of nitrogens with zero attached hydrogens (tertiary/aromatic N) is 1. The van der Waals surface area contributed by atoms with Crippen LogP contribution in [0.4, 0.5) is 15.8 Å². The zero-order valence-electron chi connectivity index (χ0n) is 18.0. The summed E-state index contributed by atoms with van der Waals surface area (Å²) < 4.78 is 19.0. The molecule has 0 aliphatic carbocycles. The Morgan fingerprint density at radius 1 is 0.941 bits per heavy atom. The lowest BCUT2D eigenvalue weighted by Gasteiger charge is -2.15.